The second kappa shape index (κ2) is 8.53. The quantitative estimate of drug-likeness (QED) is 0.297. The molecule has 0 spiro atoms. The van der Waals surface area contributed by atoms with Crippen LogP contribution in [0.5, 0.6) is 0 Å². The van der Waals surface area contributed by atoms with E-state index >= 15 is 0 Å². The molecule has 29 heavy (non-hydrogen) atoms. The summed E-state index contributed by atoms with van der Waals surface area (Å²) in [6, 6.07) is 22.2. The third-order valence-corrected chi connectivity index (χ3v) is 6.02. The van der Waals surface area contributed by atoms with E-state index < -0.39 is 0 Å². The fourth-order valence-electron chi connectivity index (χ4n) is 2.94. The number of nitrogens with zero attached hydrogens (tertiary/aromatic N) is 1. The average molecular weight is 533 g/mol. The molecule has 0 radical (unpaired) electrons. The molecule has 0 bridgehead atoms. The highest BCUT2D eigenvalue weighted by Gasteiger charge is 2.24. The standard InChI is InChI=1S/C22H13Br2ClN2O2/c23-16-10-4-1-7-13(16)20-19(15-9-3-6-12-18(15)25)21(27-29-20)26-22(28)14-8-2-5-11-17(14)24/h1-12H,(H,26,27,28). The number of amides is 1. The van der Waals surface area contributed by atoms with E-state index in [1.807, 2.05) is 48.5 Å². The van der Waals surface area contributed by atoms with Crippen LogP contribution in [0.2, 0.25) is 5.02 Å². The van der Waals surface area contributed by atoms with Crippen molar-refractivity contribution in [2.24, 2.45) is 0 Å². The molecular weight excluding hydrogens is 520 g/mol. The van der Waals surface area contributed by atoms with Crippen molar-refractivity contribution in [2.75, 3.05) is 5.32 Å². The molecular formula is C22H13Br2ClN2O2. The van der Waals surface area contributed by atoms with E-state index in [4.69, 9.17) is 16.1 Å². The Hall–Kier alpha value is -2.41. The monoisotopic (exact) mass is 530 g/mol. The van der Waals surface area contributed by atoms with Crippen molar-refractivity contribution in [3.63, 3.8) is 0 Å². The molecule has 0 fully saturated rings. The second-order valence-electron chi connectivity index (χ2n) is 6.13. The molecule has 1 N–H and O–H groups in total. The number of hydrogen-bond donors (Lipinski definition) is 1. The van der Waals surface area contributed by atoms with Crippen LogP contribution in [-0.4, -0.2) is 11.1 Å². The Labute approximate surface area is 189 Å². The van der Waals surface area contributed by atoms with Crippen LogP contribution in [0.1, 0.15) is 10.4 Å². The summed E-state index contributed by atoms with van der Waals surface area (Å²) in [5, 5.41) is 7.53. The number of benzene rings is 3. The summed E-state index contributed by atoms with van der Waals surface area (Å²) in [5.74, 6) is 0.496. The van der Waals surface area contributed by atoms with E-state index in [-0.39, 0.29) is 5.91 Å². The fraction of sp³-hybridized carbons (Fsp3) is 0. The molecule has 0 aliphatic carbocycles. The van der Waals surface area contributed by atoms with Gasteiger partial charge in [-0.3, -0.25) is 4.79 Å². The number of rotatable bonds is 4. The fourth-order valence-corrected chi connectivity index (χ4v) is 4.10. The van der Waals surface area contributed by atoms with Crippen LogP contribution in [0.3, 0.4) is 0 Å². The zero-order chi connectivity index (χ0) is 20.4. The van der Waals surface area contributed by atoms with E-state index in [0.717, 1.165) is 10.0 Å². The van der Waals surface area contributed by atoms with Crippen molar-refractivity contribution < 1.29 is 9.32 Å². The molecule has 0 aliphatic heterocycles. The van der Waals surface area contributed by atoms with E-state index in [1.165, 1.54) is 0 Å². The maximum atomic E-state index is 12.9. The summed E-state index contributed by atoms with van der Waals surface area (Å²) in [4.78, 5) is 12.9. The Morgan fingerprint density at radius 2 is 1.48 bits per heavy atom. The number of halogens is 3. The summed E-state index contributed by atoms with van der Waals surface area (Å²) in [6.07, 6.45) is 0. The molecule has 0 aliphatic rings. The number of carbonyl (C=O) groups is 1. The van der Waals surface area contributed by atoms with Crippen molar-refractivity contribution in [2.45, 2.75) is 0 Å². The lowest BCUT2D eigenvalue weighted by atomic mass is 10.0. The molecule has 4 nitrogen and oxygen atoms in total. The molecule has 7 heteroatoms. The van der Waals surface area contributed by atoms with Crippen LogP contribution in [0.4, 0.5) is 5.82 Å². The van der Waals surface area contributed by atoms with Gasteiger partial charge in [-0.2, -0.15) is 0 Å². The molecule has 4 rings (SSSR count). The third-order valence-electron chi connectivity index (χ3n) is 4.30. The Balaban J connectivity index is 1.85. The van der Waals surface area contributed by atoms with Crippen LogP contribution in [0.25, 0.3) is 22.5 Å². The van der Waals surface area contributed by atoms with Gasteiger partial charge in [0.2, 0.25) is 0 Å². The Kier molecular flexibility index (Phi) is 5.85. The number of nitrogens with one attached hydrogen (secondary N) is 1. The zero-order valence-corrected chi connectivity index (χ0v) is 18.8. The first kappa shape index (κ1) is 19.9. The van der Waals surface area contributed by atoms with Gasteiger partial charge in [-0.1, -0.05) is 75.2 Å². The molecule has 3 aromatic carbocycles. The molecule has 0 saturated carbocycles. The number of anilines is 1. The van der Waals surface area contributed by atoms with Crippen molar-refractivity contribution >= 4 is 55.2 Å². The lowest BCUT2D eigenvalue weighted by molar-refractivity contribution is 0.102. The van der Waals surface area contributed by atoms with Crippen molar-refractivity contribution in [3.8, 4) is 22.5 Å². The van der Waals surface area contributed by atoms with Gasteiger partial charge in [0.25, 0.3) is 5.91 Å². The van der Waals surface area contributed by atoms with E-state index in [0.29, 0.717) is 37.8 Å². The van der Waals surface area contributed by atoms with Crippen LogP contribution < -0.4 is 5.32 Å². The molecule has 144 valence electrons. The first-order valence-corrected chi connectivity index (χ1v) is 10.6. The summed E-state index contributed by atoms with van der Waals surface area (Å²) in [7, 11) is 0. The van der Waals surface area contributed by atoms with Crippen molar-refractivity contribution in [1.29, 1.82) is 0 Å². The Morgan fingerprint density at radius 3 is 2.17 bits per heavy atom. The summed E-state index contributed by atoms with van der Waals surface area (Å²) >= 11 is 13.4. The summed E-state index contributed by atoms with van der Waals surface area (Å²) in [5.41, 5.74) is 2.62. The first-order valence-electron chi connectivity index (χ1n) is 8.61. The van der Waals surface area contributed by atoms with Gasteiger partial charge in [-0.05, 0) is 46.3 Å². The maximum Gasteiger partial charge on any atom is 0.258 e. The van der Waals surface area contributed by atoms with Crippen LogP contribution in [0.15, 0.2) is 86.3 Å². The van der Waals surface area contributed by atoms with E-state index in [1.54, 1.807) is 24.3 Å². The average Bonchev–Trinajstić information content (AvgIpc) is 3.12. The van der Waals surface area contributed by atoms with Crippen molar-refractivity contribution in [1.82, 2.24) is 5.16 Å². The van der Waals surface area contributed by atoms with Crippen LogP contribution >= 0.6 is 43.5 Å². The van der Waals surface area contributed by atoms with E-state index in [2.05, 4.69) is 42.3 Å². The number of carbonyl (C=O) groups excluding carboxylic acids is 1. The predicted molar refractivity (Wildman–Crippen MR) is 122 cm³/mol. The lowest BCUT2D eigenvalue weighted by Crippen LogP contribution is -2.13. The molecule has 1 amide bonds. The zero-order valence-electron chi connectivity index (χ0n) is 14.8. The third kappa shape index (κ3) is 4.01. The van der Waals surface area contributed by atoms with Gasteiger partial charge >= 0.3 is 0 Å². The van der Waals surface area contributed by atoms with Gasteiger partial charge in [0.15, 0.2) is 11.6 Å². The topological polar surface area (TPSA) is 55.1 Å². The Morgan fingerprint density at radius 1 is 0.862 bits per heavy atom. The molecule has 0 saturated heterocycles. The summed E-state index contributed by atoms with van der Waals surface area (Å²) in [6.45, 7) is 0. The minimum atomic E-state index is -0.308. The van der Waals surface area contributed by atoms with Gasteiger partial charge in [-0.25, -0.2) is 0 Å². The number of hydrogen-bond acceptors (Lipinski definition) is 3. The highest BCUT2D eigenvalue weighted by molar-refractivity contribution is 9.10. The molecule has 4 aromatic rings. The van der Waals surface area contributed by atoms with Crippen LogP contribution in [0, 0.1) is 0 Å². The Bertz CT molecular complexity index is 1210. The normalized spacial score (nSPS) is 10.7. The second-order valence-corrected chi connectivity index (χ2v) is 8.24. The van der Waals surface area contributed by atoms with Gasteiger partial charge in [-0.15, -0.1) is 0 Å². The highest BCUT2D eigenvalue weighted by Crippen LogP contribution is 2.43. The van der Waals surface area contributed by atoms with Gasteiger partial charge in [0.1, 0.15) is 0 Å². The minimum Gasteiger partial charge on any atom is -0.353 e. The molecule has 0 unspecified atom stereocenters. The summed E-state index contributed by atoms with van der Waals surface area (Å²) < 4.78 is 7.20. The van der Waals surface area contributed by atoms with E-state index in [9.17, 15) is 4.79 Å². The molecule has 1 heterocycles. The minimum absolute atomic E-state index is 0.296. The van der Waals surface area contributed by atoms with Gasteiger partial charge in [0.05, 0.1) is 11.1 Å². The lowest BCUT2D eigenvalue weighted by Gasteiger charge is -2.09. The molecule has 1 aromatic heterocycles. The SMILES string of the molecule is O=C(Nc1noc(-c2ccccc2Br)c1-c1ccccc1Cl)c1ccccc1Br. The predicted octanol–water partition coefficient (Wildman–Crippen LogP) is 7.44. The number of aromatic nitrogens is 1. The highest BCUT2D eigenvalue weighted by atomic mass is 79.9. The van der Waals surface area contributed by atoms with Gasteiger partial charge < -0.3 is 9.84 Å². The smallest absolute Gasteiger partial charge is 0.258 e. The maximum absolute atomic E-state index is 12.9. The van der Waals surface area contributed by atoms with Crippen molar-refractivity contribution in [3.05, 3.63) is 92.3 Å². The first-order chi connectivity index (χ1) is 14.1. The largest absolute Gasteiger partial charge is 0.353 e. The van der Waals surface area contributed by atoms with Crippen LogP contribution in [-0.2, 0) is 0 Å². The van der Waals surface area contributed by atoms with Gasteiger partial charge in [0, 0.05) is 25.1 Å². The molecule has 0 atom stereocenters.